The summed E-state index contributed by atoms with van der Waals surface area (Å²) in [4.78, 5) is 36.3. The number of benzene rings is 2. The van der Waals surface area contributed by atoms with E-state index >= 15 is 0 Å². The predicted octanol–water partition coefficient (Wildman–Crippen LogP) is 3.57. The van der Waals surface area contributed by atoms with E-state index in [9.17, 15) is 14.4 Å². The van der Waals surface area contributed by atoms with Crippen LogP contribution in [0.1, 0.15) is 23.6 Å². The fraction of sp³-hybridized carbons (Fsp3) is 0.240. The lowest BCUT2D eigenvalue weighted by molar-refractivity contribution is -0.150. The Balaban J connectivity index is 1.78. The van der Waals surface area contributed by atoms with E-state index in [1.54, 1.807) is 36.4 Å². The van der Waals surface area contributed by atoms with Crippen LogP contribution >= 0.6 is 0 Å². The smallest absolute Gasteiger partial charge is 0.331 e. The largest absolute Gasteiger partial charge is 0.490 e. The van der Waals surface area contributed by atoms with E-state index in [0.717, 1.165) is 22.4 Å². The van der Waals surface area contributed by atoms with Crippen LogP contribution in [0.4, 0.5) is 5.69 Å². The topological polar surface area (TPSA) is 93.7 Å². The Morgan fingerprint density at radius 3 is 2.34 bits per heavy atom. The summed E-state index contributed by atoms with van der Waals surface area (Å²) in [6.07, 6.45) is 3.41. The molecular formula is C25H28N2O5. The van der Waals surface area contributed by atoms with Gasteiger partial charge in [-0.1, -0.05) is 43.0 Å². The molecule has 1 atom stereocenters. The third-order valence-electron chi connectivity index (χ3n) is 4.49. The van der Waals surface area contributed by atoms with Crippen molar-refractivity contribution in [2.24, 2.45) is 0 Å². The van der Waals surface area contributed by atoms with E-state index in [0.29, 0.717) is 12.4 Å². The van der Waals surface area contributed by atoms with E-state index < -0.39 is 18.0 Å². The van der Waals surface area contributed by atoms with Crippen LogP contribution in [0.5, 0.6) is 5.75 Å². The van der Waals surface area contributed by atoms with Gasteiger partial charge in [-0.2, -0.15) is 0 Å². The third kappa shape index (κ3) is 7.75. The lowest BCUT2D eigenvalue weighted by Gasteiger charge is -2.14. The van der Waals surface area contributed by atoms with Gasteiger partial charge in [0.15, 0.2) is 6.10 Å². The number of rotatable bonds is 10. The second-order valence-electron chi connectivity index (χ2n) is 7.11. The molecule has 2 rings (SSSR count). The van der Waals surface area contributed by atoms with Crippen LogP contribution in [0.15, 0.2) is 61.2 Å². The average Bonchev–Trinajstić information content (AvgIpc) is 2.77. The van der Waals surface area contributed by atoms with Crippen molar-refractivity contribution < 1.29 is 23.9 Å². The number of carbonyl (C=O) groups excluding carboxylic acids is 3. The molecule has 2 aromatic carbocycles. The Labute approximate surface area is 188 Å². The molecule has 168 valence electrons. The number of hydrogen-bond donors (Lipinski definition) is 2. The first kappa shape index (κ1) is 24.4. The normalized spacial score (nSPS) is 11.5. The summed E-state index contributed by atoms with van der Waals surface area (Å²) in [5, 5.41) is 5.25. The van der Waals surface area contributed by atoms with Gasteiger partial charge in [-0.25, -0.2) is 4.79 Å². The lowest BCUT2D eigenvalue weighted by Crippen LogP contribution is -2.40. The number of para-hydroxylation sites is 1. The molecule has 2 aromatic rings. The van der Waals surface area contributed by atoms with Crippen LogP contribution in [-0.4, -0.2) is 37.0 Å². The predicted molar refractivity (Wildman–Crippen MR) is 124 cm³/mol. The summed E-state index contributed by atoms with van der Waals surface area (Å²) < 4.78 is 10.5. The molecule has 32 heavy (non-hydrogen) atoms. The van der Waals surface area contributed by atoms with Crippen molar-refractivity contribution in [3.8, 4) is 5.75 Å². The molecule has 1 unspecified atom stereocenters. The van der Waals surface area contributed by atoms with Crippen LogP contribution in [0.3, 0.4) is 0 Å². The molecule has 0 bridgehead atoms. The van der Waals surface area contributed by atoms with E-state index in [1.807, 2.05) is 32.0 Å². The van der Waals surface area contributed by atoms with E-state index in [-0.39, 0.29) is 12.5 Å². The molecule has 0 radical (unpaired) electrons. The maximum atomic E-state index is 12.2. The van der Waals surface area contributed by atoms with Gasteiger partial charge >= 0.3 is 5.97 Å². The number of amides is 2. The molecule has 0 fully saturated rings. The number of ether oxygens (including phenoxy) is 2. The summed E-state index contributed by atoms with van der Waals surface area (Å²) in [5.74, 6) is -0.905. The molecule has 7 nitrogen and oxygen atoms in total. The van der Waals surface area contributed by atoms with Crippen molar-refractivity contribution in [1.29, 1.82) is 0 Å². The molecule has 0 saturated carbocycles. The highest BCUT2D eigenvalue weighted by Gasteiger charge is 2.17. The summed E-state index contributed by atoms with van der Waals surface area (Å²) in [5.41, 5.74) is 3.35. The molecular weight excluding hydrogens is 408 g/mol. The number of carbonyl (C=O) groups is 3. The monoisotopic (exact) mass is 436 g/mol. The van der Waals surface area contributed by atoms with Crippen LogP contribution in [0.25, 0.3) is 6.08 Å². The Morgan fingerprint density at radius 2 is 1.72 bits per heavy atom. The van der Waals surface area contributed by atoms with Gasteiger partial charge in [0.05, 0.1) is 6.54 Å². The molecule has 0 spiro atoms. The summed E-state index contributed by atoms with van der Waals surface area (Å²) >= 11 is 0. The van der Waals surface area contributed by atoms with Gasteiger partial charge in [0.25, 0.3) is 5.91 Å². The zero-order chi connectivity index (χ0) is 23.5. The van der Waals surface area contributed by atoms with E-state index in [2.05, 4.69) is 17.2 Å². The van der Waals surface area contributed by atoms with Crippen molar-refractivity contribution in [3.63, 3.8) is 0 Å². The Morgan fingerprint density at radius 1 is 1.06 bits per heavy atom. The van der Waals surface area contributed by atoms with Crippen molar-refractivity contribution in [2.75, 3.05) is 18.5 Å². The fourth-order valence-corrected chi connectivity index (χ4v) is 2.77. The minimum Gasteiger partial charge on any atom is -0.490 e. The number of aryl methyl sites for hydroxylation is 2. The highest BCUT2D eigenvalue weighted by molar-refractivity contribution is 5.96. The molecule has 7 heteroatoms. The van der Waals surface area contributed by atoms with Gasteiger partial charge in [-0.3, -0.25) is 9.59 Å². The highest BCUT2D eigenvalue weighted by atomic mass is 16.5. The van der Waals surface area contributed by atoms with Crippen LogP contribution in [0.2, 0.25) is 0 Å². The zero-order valence-corrected chi connectivity index (χ0v) is 18.5. The van der Waals surface area contributed by atoms with Crippen LogP contribution < -0.4 is 15.4 Å². The number of anilines is 1. The summed E-state index contributed by atoms with van der Waals surface area (Å²) in [6, 6.07) is 12.8. The zero-order valence-electron chi connectivity index (χ0n) is 18.5. The first-order valence-electron chi connectivity index (χ1n) is 10.2. The minimum absolute atomic E-state index is 0.232. The quantitative estimate of drug-likeness (QED) is 0.337. The Bertz CT molecular complexity index is 976. The SMILES string of the molecule is C=CCOc1ccc(/C=C/C(=O)OC(C)C(=O)NCC(=O)Nc2c(C)cccc2C)cc1. The molecule has 0 aliphatic carbocycles. The second-order valence-corrected chi connectivity index (χ2v) is 7.11. The average molecular weight is 437 g/mol. The summed E-state index contributed by atoms with van der Waals surface area (Å²) in [7, 11) is 0. The van der Waals surface area contributed by atoms with Crippen molar-refractivity contribution in [3.05, 3.63) is 77.9 Å². The van der Waals surface area contributed by atoms with E-state index in [4.69, 9.17) is 9.47 Å². The highest BCUT2D eigenvalue weighted by Crippen LogP contribution is 2.19. The number of hydrogen-bond acceptors (Lipinski definition) is 5. The van der Waals surface area contributed by atoms with Gasteiger partial charge in [0.2, 0.25) is 5.91 Å². The molecule has 0 aliphatic heterocycles. The van der Waals surface area contributed by atoms with Crippen molar-refractivity contribution in [2.45, 2.75) is 26.9 Å². The maximum Gasteiger partial charge on any atom is 0.331 e. The van der Waals surface area contributed by atoms with Crippen LogP contribution in [-0.2, 0) is 19.1 Å². The molecule has 0 saturated heterocycles. The molecule has 2 amide bonds. The van der Waals surface area contributed by atoms with Gasteiger partial charge < -0.3 is 20.1 Å². The number of esters is 1. The standard InChI is InChI=1S/C25H28N2O5/c1-5-15-31-21-12-9-20(10-13-21)11-14-23(29)32-19(4)25(30)26-16-22(28)27-24-17(2)7-6-8-18(24)3/h5-14,19H,1,15-16H2,2-4H3,(H,26,30)(H,27,28)/b14-11+. The van der Waals surface area contributed by atoms with Gasteiger partial charge in [-0.05, 0) is 55.7 Å². The second kappa shape index (κ2) is 12.1. The molecule has 2 N–H and O–H groups in total. The third-order valence-corrected chi connectivity index (χ3v) is 4.49. The Hall–Kier alpha value is -3.87. The fourth-order valence-electron chi connectivity index (χ4n) is 2.77. The first-order chi connectivity index (χ1) is 15.3. The van der Waals surface area contributed by atoms with E-state index in [1.165, 1.54) is 13.0 Å². The molecule has 0 aliphatic rings. The van der Waals surface area contributed by atoms with Crippen LogP contribution in [0, 0.1) is 13.8 Å². The maximum absolute atomic E-state index is 12.2. The van der Waals surface area contributed by atoms with Gasteiger partial charge in [0, 0.05) is 11.8 Å². The van der Waals surface area contributed by atoms with Crippen molar-refractivity contribution >= 4 is 29.5 Å². The number of nitrogens with one attached hydrogen (secondary N) is 2. The minimum atomic E-state index is -1.05. The molecule has 0 heterocycles. The molecule has 0 aromatic heterocycles. The lowest BCUT2D eigenvalue weighted by atomic mass is 10.1. The Kier molecular flexibility index (Phi) is 9.22. The van der Waals surface area contributed by atoms with Gasteiger partial charge in [0.1, 0.15) is 12.4 Å². The summed E-state index contributed by atoms with van der Waals surface area (Å²) in [6.45, 7) is 8.99. The first-order valence-corrected chi connectivity index (χ1v) is 10.2. The van der Waals surface area contributed by atoms with Gasteiger partial charge in [-0.15, -0.1) is 0 Å². The van der Waals surface area contributed by atoms with Crippen molar-refractivity contribution in [1.82, 2.24) is 5.32 Å².